The highest BCUT2D eigenvalue weighted by Crippen LogP contribution is 2.39. The second-order valence-corrected chi connectivity index (χ2v) is 6.85. The lowest BCUT2D eigenvalue weighted by atomic mass is 9.71. The number of benzene rings is 1. The van der Waals surface area contributed by atoms with Crippen molar-refractivity contribution in [2.75, 3.05) is 12.3 Å². The van der Waals surface area contributed by atoms with Crippen LogP contribution in [0, 0.1) is 11.2 Å². The average molecular weight is 272 g/mol. The fourth-order valence-corrected chi connectivity index (χ4v) is 3.49. The SMILES string of the molecule is CC1(CNS(=O)(=O)c2c(N)cccc2F)CCC1. The molecule has 0 spiro atoms. The predicted octanol–water partition coefficient (Wildman–Crippen LogP) is 1.88. The summed E-state index contributed by atoms with van der Waals surface area (Å²) in [6, 6.07) is 3.86. The Morgan fingerprint density at radius 2 is 2.11 bits per heavy atom. The van der Waals surface area contributed by atoms with Crippen molar-refractivity contribution in [1.29, 1.82) is 0 Å². The molecule has 1 fully saturated rings. The third kappa shape index (κ3) is 2.49. The maximum atomic E-state index is 13.6. The van der Waals surface area contributed by atoms with E-state index in [0.29, 0.717) is 6.54 Å². The van der Waals surface area contributed by atoms with Crippen molar-refractivity contribution < 1.29 is 12.8 Å². The molecule has 0 aromatic heterocycles. The molecular weight excluding hydrogens is 255 g/mol. The Morgan fingerprint density at radius 3 is 2.61 bits per heavy atom. The molecule has 1 aliphatic rings. The molecule has 1 aromatic rings. The van der Waals surface area contributed by atoms with Crippen LogP contribution in [-0.2, 0) is 10.0 Å². The second-order valence-electron chi connectivity index (χ2n) is 5.15. The molecule has 0 aliphatic heterocycles. The summed E-state index contributed by atoms with van der Waals surface area (Å²) in [5.41, 5.74) is 5.46. The molecule has 2 rings (SSSR count). The van der Waals surface area contributed by atoms with Crippen molar-refractivity contribution in [2.45, 2.75) is 31.1 Å². The van der Waals surface area contributed by atoms with Gasteiger partial charge in [0.05, 0.1) is 5.69 Å². The van der Waals surface area contributed by atoms with Crippen LogP contribution in [0.5, 0.6) is 0 Å². The third-order valence-electron chi connectivity index (χ3n) is 3.52. The van der Waals surface area contributed by atoms with Crippen LogP contribution < -0.4 is 10.5 Å². The van der Waals surface area contributed by atoms with Crippen LogP contribution in [-0.4, -0.2) is 15.0 Å². The van der Waals surface area contributed by atoms with Gasteiger partial charge in [0.15, 0.2) is 0 Å². The van der Waals surface area contributed by atoms with Crippen LogP contribution in [0.1, 0.15) is 26.2 Å². The minimum Gasteiger partial charge on any atom is -0.398 e. The molecule has 0 heterocycles. The summed E-state index contributed by atoms with van der Waals surface area (Å²) < 4.78 is 40.1. The Balaban J connectivity index is 2.20. The van der Waals surface area contributed by atoms with E-state index in [0.717, 1.165) is 25.3 Å². The Bertz CT molecular complexity index is 533. The molecule has 1 aliphatic carbocycles. The monoisotopic (exact) mass is 272 g/mol. The van der Waals surface area contributed by atoms with Gasteiger partial charge in [-0.05, 0) is 30.4 Å². The van der Waals surface area contributed by atoms with Crippen molar-refractivity contribution >= 4 is 15.7 Å². The second kappa shape index (κ2) is 4.51. The van der Waals surface area contributed by atoms with Crippen molar-refractivity contribution in [3.05, 3.63) is 24.0 Å². The van der Waals surface area contributed by atoms with Gasteiger partial charge >= 0.3 is 0 Å². The van der Waals surface area contributed by atoms with E-state index >= 15 is 0 Å². The largest absolute Gasteiger partial charge is 0.398 e. The van der Waals surface area contributed by atoms with Crippen molar-refractivity contribution in [3.8, 4) is 0 Å². The summed E-state index contributed by atoms with van der Waals surface area (Å²) in [5, 5.41) is 0. The number of anilines is 1. The molecule has 0 radical (unpaired) electrons. The number of nitrogen functional groups attached to an aromatic ring is 1. The minimum atomic E-state index is -3.88. The quantitative estimate of drug-likeness (QED) is 0.822. The molecule has 0 atom stereocenters. The van der Waals surface area contributed by atoms with Gasteiger partial charge in [0.25, 0.3) is 0 Å². The van der Waals surface area contributed by atoms with Crippen LogP contribution in [0.15, 0.2) is 23.1 Å². The zero-order valence-corrected chi connectivity index (χ0v) is 11.1. The van der Waals surface area contributed by atoms with E-state index in [9.17, 15) is 12.8 Å². The van der Waals surface area contributed by atoms with E-state index in [1.165, 1.54) is 12.1 Å². The smallest absolute Gasteiger partial charge is 0.245 e. The van der Waals surface area contributed by atoms with Gasteiger partial charge in [-0.15, -0.1) is 0 Å². The summed E-state index contributed by atoms with van der Waals surface area (Å²) in [4.78, 5) is -0.451. The number of halogens is 1. The van der Waals surface area contributed by atoms with Gasteiger partial charge in [-0.2, -0.15) is 0 Å². The lowest BCUT2D eigenvalue weighted by molar-refractivity contribution is 0.166. The highest BCUT2D eigenvalue weighted by Gasteiger charge is 2.33. The number of nitrogens with one attached hydrogen (secondary N) is 1. The number of sulfonamides is 1. The molecule has 1 saturated carbocycles. The van der Waals surface area contributed by atoms with Gasteiger partial charge in [0.1, 0.15) is 10.7 Å². The van der Waals surface area contributed by atoms with Crippen LogP contribution in [0.2, 0.25) is 0 Å². The maximum absolute atomic E-state index is 13.6. The van der Waals surface area contributed by atoms with Gasteiger partial charge in [-0.3, -0.25) is 0 Å². The highest BCUT2D eigenvalue weighted by atomic mass is 32.2. The lowest BCUT2D eigenvalue weighted by Crippen LogP contribution is -2.40. The van der Waals surface area contributed by atoms with E-state index in [2.05, 4.69) is 4.72 Å². The van der Waals surface area contributed by atoms with E-state index in [4.69, 9.17) is 5.73 Å². The van der Waals surface area contributed by atoms with Crippen molar-refractivity contribution in [3.63, 3.8) is 0 Å². The van der Waals surface area contributed by atoms with E-state index < -0.39 is 20.7 Å². The number of hydrogen-bond acceptors (Lipinski definition) is 3. The zero-order chi connectivity index (χ0) is 13.4. The summed E-state index contributed by atoms with van der Waals surface area (Å²) in [5.74, 6) is -0.818. The molecule has 100 valence electrons. The molecule has 6 heteroatoms. The van der Waals surface area contributed by atoms with E-state index in [1.807, 2.05) is 6.92 Å². The molecule has 0 unspecified atom stereocenters. The summed E-state index contributed by atoms with van der Waals surface area (Å²) in [6.07, 6.45) is 3.09. The van der Waals surface area contributed by atoms with Crippen molar-refractivity contribution in [2.24, 2.45) is 5.41 Å². The first-order chi connectivity index (χ1) is 8.34. The van der Waals surface area contributed by atoms with Gasteiger partial charge < -0.3 is 5.73 Å². The summed E-state index contributed by atoms with van der Waals surface area (Å²) in [6.45, 7) is 2.34. The standard InChI is InChI=1S/C12H17FN2O2S/c1-12(6-3-7-12)8-15-18(16,17)11-9(13)4-2-5-10(11)14/h2,4-5,15H,3,6-8,14H2,1H3. The summed E-state index contributed by atoms with van der Waals surface area (Å²) >= 11 is 0. The molecule has 4 nitrogen and oxygen atoms in total. The Kier molecular flexibility index (Phi) is 3.33. The van der Waals surface area contributed by atoms with Crippen molar-refractivity contribution in [1.82, 2.24) is 4.72 Å². The fourth-order valence-electron chi connectivity index (χ4n) is 2.11. The number of hydrogen-bond donors (Lipinski definition) is 2. The Hall–Kier alpha value is -1.14. The van der Waals surface area contributed by atoms with Gasteiger partial charge in [-0.1, -0.05) is 19.4 Å². The molecule has 0 saturated heterocycles. The average Bonchev–Trinajstić information content (AvgIpc) is 2.23. The maximum Gasteiger partial charge on any atom is 0.245 e. The van der Waals surface area contributed by atoms with Crippen LogP contribution in [0.3, 0.4) is 0 Å². The normalized spacial score (nSPS) is 18.3. The van der Waals surface area contributed by atoms with Crippen LogP contribution in [0.4, 0.5) is 10.1 Å². The Labute approximate surface area is 106 Å². The van der Waals surface area contributed by atoms with Crippen LogP contribution >= 0.6 is 0 Å². The minimum absolute atomic E-state index is 0.00686. The van der Waals surface area contributed by atoms with Gasteiger partial charge in [-0.25, -0.2) is 17.5 Å². The summed E-state index contributed by atoms with van der Waals surface area (Å²) in [7, 11) is -3.88. The molecular formula is C12H17FN2O2S. The lowest BCUT2D eigenvalue weighted by Gasteiger charge is -2.38. The predicted molar refractivity (Wildman–Crippen MR) is 68.0 cm³/mol. The Morgan fingerprint density at radius 1 is 1.44 bits per heavy atom. The van der Waals surface area contributed by atoms with Gasteiger partial charge in [0, 0.05) is 6.54 Å². The highest BCUT2D eigenvalue weighted by molar-refractivity contribution is 7.89. The first kappa shape index (κ1) is 13.3. The van der Waals surface area contributed by atoms with Crippen LogP contribution in [0.25, 0.3) is 0 Å². The third-order valence-corrected chi connectivity index (χ3v) is 5.01. The first-order valence-corrected chi connectivity index (χ1v) is 7.36. The fraction of sp³-hybridized carbons (Fsp3) is 0.500. The topological polar surface area (TPSA) is 72.2 Å². The number of rotatable bonds is 4. The van der Waals surface area contributed by atoms with Gasteiger partial charge in [0.2, 0.25) is 10.0 Å². The van der Waals surface area contributed by atoms with E-state index in [1.54, 1.807) is 0 Å². The molecule has 0 bridgehead atoms. The molecule has 3 N–H and O–H groups in total. The zero-order valence-electron chi connectivity index (χ0n) is 10.2. The van der Waals surface area contributed by atoms with E-state index in [-0.39, 0.29) is 11.1 Å². The first-order valence-electron chi connectivity index (χ1n) is 5.88. The molecule has 0 amide bonds. The molecule has 1 aromatic carbocycles. The number of nitrogens with two attached hydrogens (primary N) is 1. The molecule has 18 heavy (non-hydrogen) atoms.